The third kappa shape index (κ3) is 38.3. The molecule has 580 valence electrons. The SMILES string of the molecule is CN.CNc1nc2ccc(Cl)cc2o1.Cc1ccc(S(=O)(=O)Cl)cc1.Cc1ccc(S(=O)(=O)N(C)c2nc3ccc(Cl)cc3o2)cc1.Clc1ccc2nc(Cl)oc2c1.PPP(P(P)P)P(P(P(P)P)P(P)P)P(P(P(P(P)P)P(P)P)P(P(P)P)P(P)P)P(P(P(P)P)P(P)P)P(P(P)P)P(P)P.[H-].[Na+]. The average Bonchev–Trinajstić information content (AvgIpc) is 1.68. The summed E-state index contributed by atoms with van der Waals surface area (Å²) in [5.41, 5.74) is 10.3. The molecule has 0 spiro atoms. The Morgan fingerprint density at radius 2 is 0.731 bits per heavy atom. The predicted molar refractivity (Wildman–Crippen MR) is 611 cm³/mol. The van der Waals surface area contributed by atoms with Crippen LogP contribution in [-0.2, 0) is 19.1 Å². The summed E-state index contributed by atoms with van der Waals surface area (Å²) in [6.45, 7) is 1.33. The minimum atomic E-state index is -3.72. The van der Waals surface area contributed by atoms with Crippen LogP contribution >= 0.6 is 417 Å². The van der Waals surface area contributed by atoms with Crippen molar-refractivity contribution in [2.24, 2.45) is 5.73 Å². The summed E-state index contributed by atoms with van der Waals surface area (Å²) in [5, 5.41) is 4.73. The van der Waals surface area contributed by atoms with E-state index in [9.17, 15) is 16.8 Å². The number of nitrogens with two attached hydrogens (primary N) is 1. The number of fused-ring (bicyclic) bond motifs is 3. The van der Waals surface area contributed by atoms with E-state index in [4.69, 9.17) is 70.3 Å². The van der Waals surface area contributed by atoms with Crippen molar-refractivity contribution in [2.45, 2.75) is 23.6 Å². The summed E-state index contributed by atoms with van der Waals surface area (Å²) in [6, 6.07) is 28.9. The van der Waals surface area contributed by atoms with Gasteiger partial charge in [-0.3, -0.25) is 0 Å². The Labute approximate surface area is 742 Å². The molecule has 8 rings (SSSR count). The van der Waals surface area contributed by atoms with E-state index in [1.54, 1.807) is 92.0 Å². The molecule has 3 heterocycles. The Morgan fingerprint density at radius 3 is 1.05 bits per heavy atom. The van der Waals surface area contributed by atoms with Crippen LogP contribution in [0.15, 0.2) is 126 Å². The minimum absolute atomic E-state index is 0. The van der Waals surface area contributed by atoms with E-state index in [1.165, 1.54) is 26.2 Å². The summed E-state index contributed by atoms with van der Waals surface area (Å²) in [4.78, 5) is 12.5. The van der Waals surface area contributed by atoms with Crippen LogP contribution in [0.4, 0.5) is 12.0 Å². The fourth-order valence-electron chi connectivity index (χ4n) is 7.17. The molecule has 3 aromatic heterocycles. The summed E-state index contributed by atoms with van der Waals surface area (Å²) < 4.78 is 63.4. The molecule has 66 heteroatoms. The number of rotatable bonds is 26. The molecule has 13 nitrogen and oxygen atoms in total. The van der Waals surface area contributed by atoms with Crippen LogP contribution in [0.1, 0.15) is 12.6 Å². The minimum Gasteiger partial charge on any atom is -1.00 e. The van der Waals surface area contributed by atoms with E-state index in [-0.39, 0.29) is 199 Å². The van der Waals surface area contributed by atoms with Gasteiger partial charge in [0.15, 0.2) is 16.7 Å². The molecule has 0 aliphatic rings. The first-order chi connectivity index (χ1) is 47.9. The largest absolute Gasteiger partial charge is 1.00 e. The number of aryl methyl sites for hydroxylation is 2. The van der Waals surface area contributed by atoms with Crippen molar-refractivity contribution in [2.75, 3.05) is 30.8 Å². The molecule has 8 aromatic rings. The molecule has 0 bridgehead atoms. The van der Waals surface area contributed by atoms with Crippen molar-refractivity contribution in [3.8, 4) is 0 Å². The third-order valence-electron chi connectivity index (χ3n) is 11.3. The van der Waals surface area contributed by atoms with Crippen molar-refractivity contribution >= 4 is 482 Å². The molecule has 0 aliphatic carbocycles. The summed E-state index contributed by atoms with van der Waals surface area (Å²) in [6.07, 6.45) is 0. The van der Waals surface area contributed by atoms with Crippen molar-refractivity contribution < 1.29 is 61.1 Å². The van der Waals surface area contributed by atoms with Crippen molar-refractivity contribution in [3.05, 3.63) is 135 Å². The summed E-state index contributed by atoms with van der Waals surface area (Å²) in [5.74, 6) is 0. The second-order valence-electron chi connectivity index (χ2n) is 18.6. The molecule has 26 unspecified atom stereocenters. The Balaban J connectivity index is 0.000000744. The van der Waals surface area contributed by atoms with Crippen LogP contribution in [0.3, 0.4) is 0 Å². The van der Waals surface area contributed by atoms with Crippen LogP contribution in [0.25, 0.3) is 33.3 Å². The maximum absolute atomic E-state index is 12.6. The first-order valence-corrected chi connectivity index (χ1v) is 114. The van der Waals surface area contributed by atoms with Crippen LogP contribution < -0.4 is 44.9 Å². The molecule has 0 aliphatic heterocycles. The number of halogens is 5. The van der Waals surface area contributed by atoms with E-state index in [1.807, 2.05) is 19.9 Å². The van der Waals surface area contributed by atoms with Gasteiger partial charge in [0, 0.05) is 58.0 Å². The second kappa shape index (κ2) is 59.2. The van der Waals surface area contributed by atoms with Crippen LogP contribution in [0, 0.1) is 13.8 Å². The normalized spacial score (nSPS) is 13.0. The Bertz CT molecular complexity index is 3990. The Hall–Kier alpha value is 15.8. The number of sulfonamides is 1. The maximum Gasteiger partial charge on any atom is 1.00 e. The van der Waals surface area contributed by atoms with Crippen LogP contribution in [0.5, 0.6) is 0 Å². The first kappa shape index (κ1) is 116. The van der Waals surface area contributed by atoms with Crippen molar-refractivity contribution in [1.29, 1.82) is 0 Å². The molecule has 0 saturated heterocycles. The summed E-state index contributed by atoms with van der Waals surface area (Å²) >= 11 is 22.9. The fraction of sp³-hybridized carbons (Fsp3) is 0.132. The fourth-order valence-corrected chi connectivity index (χ4v) is 638. The van der Waals surface area contributed by atoms with Crippen LogP contribution in [-0.4, -0.2) is 52.9 Å². The van der Waals surface area contributed by atoms with E-state index in [0.717, 1.165) is 34.4 Å². The molecular weight excluding hydrogens is 2310 g/mol. The van der Waals surface area contributed by atoms with Crippen LogP contribution in [0.2, 0.25) is 20.4 Å². The molecule has 5 aromatic carbocycles. The van der Waals surface area contributed by atoms with E-state index in [0.29, 0.717) is 43.3 Å². The number of hydrogen-bond donors (Lipinski definition) is 2. The number of aromatic nitrogens is 3. The number of nitrogens with zero attached hydrogens (tertiary/aromatic N) is 4. The van der Waals surface area contributed by atoms with Gasteiger partial charge in [0.1, 0.15) is 16.6 Å². The molecular formula is C38H83Cl5N6NaO7P45S2. The maximum atomic E-state index is 12.6. The third-order valence-corrected chi connectivity index (χ3v) is 323. The van der Waals surface area contributed by atoms with Gasteiger partial charge < -0.3 is 25.7 Å². The van der Waals surface area contributed by atoms with Gasteiger partial charge >= 0.3 is 35.6 Å². The van der Waals surface area contributed by atoms with Gasteiger partial charge in [-0.2, -0.15) is 15.0 Å². The van der Waals surface area contributed by atoms with Crippen molar-refractivity contribution in [3.63, 3.8) is 0 Å². The summed E-state index contributed by atoms with van der Waals surface area (Å²) in [7, 11) is 82.5. The number of oxazole rings is 3. The molecule has 0 saturated carbocycles. The van der Waals surface area contributed by atoms with E-state index in [2.05, 4.69) is 231 Å². The molecule has 104 heavy (non-hydrogen) atoms. The number of benzene rings is 5. The molecule has 26 atom stereocenters. The van der Waals surface area contributed by atoms with Gasteiger partial charge in [0.2, 0.25) is 0 Å². The number of anilines is 2. The molecule has 0 amide bonds. The van der Waals surface area contributed by atoms with Gasteiger partial charge in [-0.15, -0.1) is 205 Å². The van der Waals surface area contributed by atoms with E-state index >= 15 is 0 Å². The predicted octanol–water partition coefficient (Wildman–Crippen LogP) is 34.1. The monoisotopic (exact) mass is 2390 g/mol. The number of nitrogens with one attached hydrogen (secondary N) is 1. The second-order valence-corrected chi connectivity index (χ2v) is 207. The van der Waals surface area contributed by atoms with Gasteiger partial charge in [0.05, 0.1) is 9.79 Å². The Morgan fingerprint density at radius 1 is 0.433 bits per heavy atom. The smallest absolute Gasteiger partial charge is 1.00 e. The van der Waals surface area contributed by atoms with Gasteiger partial charge in [-0.1, -0.05) is 78.2 Å². The average molecular weight is 2390 g/mol. The molecule has 0 fully saturated rings. The van der Waals surface area contributed by atoms with Gasteiger partial charge in [-0.05, 0) is 240 Å². The van der Waals surface area contributed by atoms with E-state index < -0.39 is 19.1 Å². The zero-order valence-corrected chi connectivity index (χ0v) is 109. The zero-order chi connectivity index (χ0) is 78.6. The standard InChI is InChI=1S/C15H13ClN2O3S.C8H7ClN2O.C7H3Cl2NO.C7H7ClO2S.CH5N.Na.H47P45.H/c1-10-3-6-12(7-4-10)22(19,20)18(2)15-17-13-8-5-11(16)9-14(13)21-15;1-10-8-11-6-3-2-5(9)4-7(6)12-8;8-4-1-2-5-6(3-4)11-7(9)10-5;1-6-2-4-7(5-3-6)11(8,9)10;1-2;;1-24-36(25(2)3)42(37(26(4)5)27(6)7)45(43(38(28(8)9)29(10)11)39(30(12)13)31(14)15)44(40(32(16)17)33(18)19)41(34(20)21)35(22)23;/h3-9H,1-2H3;2-4H,1H3,(H,10,11);1-3H;2-5H,1H3;2H2,1H3;;24H,1-23H2;/q;;;;;+1;;-1. The van der Waals surface area contributed by atoms with Crippen molar-refractivity contribution in [1.82, 2.24) is 15.0 Å². The number of hydrogen-bond acceptors (Lipinski definition) is 12. The first-order valence-electron chi connectivity index (χ1n) is 26.8. The molecule has 3 N–H and O–H groups in total. The zero-order valence-electron chi connectivity index (χ0n) is 56.4. The van der Waals surface area contributed by atoms with Gasteiger partial charge in [0.25, 0.3) is 30.4 Å². The van der Waals surface area contributed by atoms with Gasteiger partial charge in [-0.25, -0.2) is 21.1 Å². The Kier molecular flexibility index (Phi) is 66.0. The topological polar surface area (TPSA) is 188 Å². The molecule has 0 radical (unpaired) electrons. The quantitative estimate of drug-likeness (QED) is 0.0297.